The highest BCUT2D eigenvalue weighted by Gasteiger charge is 2.15. The summed E-state index contributed by atoms with van der Waals surface area (Å²) < 4.78 is 5.81. The van der Waals surface area contributed by atoms with Gasteiger partial charge < -0.3 is 10.1 Å². The Morgan fingerprint density at radius 2 is 1.96 bits per heavy atom. The molecule has 1 aromatic heterocycles. The van der Waals surface area contributed by atoms with Crippen molar-refractivity contribution in [2.45, 2.75) is 0 Å². The van der Waals surface area contributed by atoms with Gasteiger partial charge in [0.15, 0.2) is 0 Å². The Hall–Kier alpha value is -2.86. The Kier molecular flexibility index (Phi) is 5.07. The lowest BCUT2D eigenvalue weighted by Gasteiger charge is -2.26. The lowest BCUT2D eigenvalue weighted by Crippen LogP contribution is -2.48. The quantitative estimate of drug-likeness (QED) is 0.704. The van der Waals surface area contributed by atoms with Gasteiger partial charge in [0.1, 0.15) is 20.2 Å². The first kappa shape index (κ1) is 17.6. The summed E-state index contributed by atoms with van der Waals surface area (Å²) in [5.41, 5.74) is 3.61. The fourth-order valence-corrected chi connectivity index (χ4v) is 3.20. The number of hydrogen-bond donors (Lipinski definition) is 1. The molecule has 3 aromatic rings. The topological polar surface area (TPSA) is 54.5 Å². The molecule has 0 unspecified atom stereocenters. The van der Waals surface area contributed by atoms with E-state index < -0.39 is 0 Å². The lowest BCUT2D eigenvalue weighted by molar-refractivity contribution is -0.124. The maximum atomic E-state index is 11.4. The molecule has 27 heavy (non-hydrogen) atoms. The molecule has 1 amide bonds. The summed E-state index contributed by atoms with van der Waals surface area (Å²) in [6, 6.07) is 17.7. The van der Waals surface area contributed by atoms with Crippen LogP contribution in [0.3, 0.4) is 0 Å². The van der Waals surface area contributed by atoms with E-state index in [1.807, 2.05) is 54.6 Å². The van der Waals surface area contributed by atoms with E-state index in [4.69, 9.17) is 17.6 Å². The maximum Gasteiger partial charge on any atom is 0.234 e. The van der Waals surface area contributed by atoms with Crippen LogP contribution in [0.25, 0.3) is 22.2 Å². The molecule has 0 spiro atoms. The highest BCUT2D eigenvalue weighted by Crippen LogP contribution is 2.23. The van der Waals surface area contributed by atoms with Gasteiger partial charge in [-0.2, -0.15) is 0 Å². The fraction of sp³-hybridized carbons (Fsp3) is 0.238. The van der Waals surface area contributed by atoms with Crippen LogP contribution in [0.15, 0.2) is 54.6 Å². The third-order valence-corrected chi connectivity index (χ3v) is 4.66. The number of pyridine rings is 1. The molecule has 0 bridgehead atoms. The van der Waals surface area contributed by atoms with Crippen LogP contribution in [0.4, 0.5) is 0 Å². The van der Waals surface area contributed by atoms with E-state index in [9.17, 15) is 4.79 Å². The Labute approximate surface area is 159 Å². The molecule has 2 heterocycles. The van der Waals surface area contributed by atoms with Gasteiger partial charge in [0.2, 0.25) is 5.91 Å². The monoisotopic (exact) mass is 357 g/mol. The molecule has 134 valence electrons. The number of nitrogens with zero attached hydrogens (tertiary/aromatic N) is 2. The predicted molar refractivity (Wildman–Crippen MR) is 108 cm³/mol. The van der Waals surface area contributed by atoms with Crippen LogP contribution in [0, 0.1) is 0 Å². The molecule has 2 aromatic carbocycles. The summed E-state index contributed by atoms with van der Waals surface area (Å²) in [7, 11) is 5.82. The van der Waals surface area contributed by atoms with Crippen molar-refractivity contribution in [1.82, 2.24) is 15.2 Å². The van der Waals surface area contributed by atoms with Crippen molar-refractivity contribution in [1.29, 1.82) is 0 Å². The number of nitrogens with one attached hydrogen (secondary N) is 1. The average molecular weight is 357 g/mol. The molecule has 1 aliphatic heterocycles. The molecule has 1 aliphatic rings. The van der Waals surface area contributed by atoms with Crippen LogP contribution in [-0.2, 0) is 4.79 Å². The summed E-state index contributed by atoms with van der Waals surface area (Å²) in [5.74, 6) is 0.893. The molecule has 2 radical (unpaired) electrons. The summed E-state index contributed by atoms with van der Waals surface area (Å²) in [6.45, 7) is 3.32. The van der Waals surface area contributed by atoms with E-state index in [0.717, 1.165) is 46.5 Å². The Bertz CT molecular complexity index is 959. The van der Waals surface area contributed by atoms with E-state index in [1.165, 1.54) is 0 Å². The molecular weight excluding hydrogens is 337 g/mol. The number of hydrogen-bond acceptors (Lipinski definition) is 4. The van der Waals surface area contributed by atoms with E-state index in [-0.39, 0.29) is 5.91 Å². The minimum absolute atomic E-state index is 0.0798. The summed E-state index contributed by atoms with van der Waals surface area (Å²) in [4.78, 5) is 18.2. The van der Waals surface area contributed by atoms with Gasteiger partial charge >= 0.3 is 0 Å². The zero-order valence-corrected chi connectivity index (χ0v) is 15.0. The standard InChI is InChI=1S/C21H20BN3O2/c22-17-4-8-20-16(13-17)3-7-19(24-20)15-1-5-18(6-2-15)27-12-11-25-10-9-23-21(26)14-25/h1-8,13H,9-12,14H2,(H,23,26). The molecule has 1 saturated heterocycles. The van der Waals surface area contributed by atoms with E-state index >= 15 is 0 Å². The average Bonchev–Trinajstić information content (AvgIpc) is 2.68. The van der Waals surface area contributed by atoms with Crippen molar-refractivity contribution in [2.24, 2.45) is 0 Å². The van der Waals surface area contributed by atoms with Gasteiger partial charge in [-0.25, -0.2) is 4.98 Å². The number of piperazine rings is 1. The van der Waals surface area contributed by atoms with Gasteiger partial charge in [-0.05, 0) is 41.8 Å². The third kappa shape index (κ3) is 4.28. The second-order valence-electron chi connectivity index (χ2n) is 6.65. The molecule has 0 saturated carbocycles. The van der Waals surface area contributed by atoms with E-state index in [0.29, 0.717) is 19.7 Å². The van der Waals surface area contributed by atoms with Gasteiger partial charge in [0.25, 0.3) is 0 Å². The third-order valence-electron chi connectivity index (χ3n) is 4.66. The first-order valence-electron chi connectivity index (χ1n) is 9.06. The number of carbonyl (C=O) groups is 1. The van der Waals surface area contributed by atoms with Crippen molar-refractivity contribution in [3.63, 3.8) is 0 Å². The summed E-state index contributed by atoms with van der Waals surface area (Å²) in [6.07, 6.45) is 0. The first-order valence-corrected chi connectivity index (χ1v) is 9.06. The highest BCUT2D eigenvalue weighted by molar-refractivity contribution is 6.33. The van der Waals surface area contributed by atoms with Gasteiger partial charge in [0.05, 0.1) is 17.8 Å². The van der Waals surface area contributed by atoms with E-state index in [1.54, 1.807) is 0 Å². The number of aromatic nitrogens is 1. The number of ether oxygens (including phenoxy) is 1. The van der Waals surface area contributed by atoms with Gasteiger partial charge in [-0.3, -0.25) is 9.69 Å². The van der Waals surface area contributed by atoms with Crippen LogP contribution in [0.5, 0.6) is 5.75 Å². The Morgan fingerprint density at radius 3 is 2.78 bits per heavy atom. The number of carbonyl (C=O) groups excluding carboxylic acids is 1. The predicted octanol–water partition coefficient (Wildman–Crippen LogP) is 1.51. The van der Waals surface area contributed by atoms with E-state index in [2.05, 4.69) is 10.2 Å². The van der Waals surface area contributed by atoms with Crippen molar-refractivity contribution in [3.05, 3.63) is 54.6 Å². The molecule has 1 fully saturated rings. The number of rotatable bonds is 5. The molecule has 4 rings (SSSR count). The minimum atomic E-state index is 0.0798. The first-order chi connectivity index (χ1) is 13.2. The van der Waals surface area contributed by atoms with Gasteiger partial charge in [0, 0.05) is 25.2 Å². The summed E-state index contributed by atoms with van der Waals surface area (Å²) >= 11 is 0. The van der Waals surface area contributed by atoms with Crippen LogP contribution in [-0.4, -0.2) is 56.4 Å². The maximum absolute atomic E-state index is 11.4. The molecular formula is C21H20BN3O2. The number of benzene rings is 2. The van der Waals surface area contributed by atoms with Crippen LogP contribution >= 0.6 is 0 Å². The lowest BCUT2D eigenvalue weighted by atomic mass is 9.94. The molecule has 1 N–H and O–H groups in total. The molecule has 6 heteroatoms. The Balaban J connectivity index is 1.38. The Morgan fingerprint density at radius 1 is 1.11 bits per heavy atom. The summed E-state index contributed by atoms with van der Waals surface area (Å²) in [5, 5.41) is 3.85. The smallest absolute Gasteiger partial charge is 0.234 e. The van der Waals surface area contributed by atoms with Crippen LogP contribution in [0.1, 0.15) is 0 Å². The van der Waals surface area contributed by atoms with Crippen LogP contribution < -0.4 is 15.5 Å². The van der Waals surface area contributed by atoms with Crippen LogP contribution in [0.2, 0.25) is 0 Å². The molecule has 0 aliphatic carbocycles. The normalized spacial score (nSPS) is 14.9. The minimum Gasteiger partial charge on any atom is -0.492 e. The fourth-order valence-electron chi connectivity index (χ4n) is 3.20. The van der Waals surface area contributed by atoms with Gasteiger partial charge in [-0.15, -0.1) is 0 Å². The van der Waals surface area contributed by atoms with Crippen molar-refractivity contribution in [3.8, 4) is 17.0 Å². The second-order valence-corrected chi connectivity index (χ2v) is 6.65. The highest BCUT2D eigenvalue weighted by atomic mass is 16.5. The zero-order chi connectivity index (χ0) is 18.6. The number of amides is 1. The number of fused-ring (bicyclic) bond motifs is 1. The van der Waals surface area contributed by atoms with Crippen molar-refractivity contribution < 1.29 is 9.53 Å². The second kappa shape index (κ2) is 7.80. The van der Waals surface area contributed by atoms with Crippen molar-refractivity contribution >= 4 is 30.1 Å². The SMILES string of the molecule is [B]c1ccc2nc(-c3ccc(OCCN4CCNC(=O)C4)cc3)ccc2c1. The largest absolute Gasteiger partial charge is 0.492 e. The van der Waals surface area contributed by atoms with Crippen molar-refractivity contribution in [2.75, 3.05) is 32.8 Å². The molecule has 0 atom stereocenters. The molecule has 5 nitrogen and oxygen atoms in total. The van der Waals surface area contributed by atoms with Gasteiger partial charge in [-0.1, -0.05) is 23.7 Å². The zero-order valence-electron chi connectivity index (χ0n) is 15.0.